The molecule has 3 heteroatoms. The predicted molar refractivity (Wildman–Crippen MR) is 107 cm³/mol. The van der Waals surface area contributed by atoms with E-state index >= 15 is 0 Å². The van der Waals surface area contributed by atoms with E-state index in [0.717, 1.165) is 19.3 Å². The molecule has 0 amide bonds. The highest BCUT2D eigenvalue weighted by atomic mass is 16.3. The molecular weight excluding hydrogens is 310 g/mol. The molecule has 25 heavy (non-hydrogen) atoms. The van der Waals surface area contributed by atoms with Crippen LogP contribution in [0.25, 0.3) is 0 Å². The van der Waals surface area contributed by atoms with E-state index in [2.05, 4.69) is 31.2 Å². The Morgan fingerprint density at radius 1 is 0.760 bits per heavy atom. The van der Waals surface area contributed by atoms with Crippen LogP contribution in [0.4, 0.5) is 0 Å². The molecular formula is C22H39NO2. The topological polar surface area (TPSA) is 66.5 Å². The number of nitrogens with two attached hydrogens (primary N) is 1. The third-order valence-corrected chi connectivity index (χ3v) is 5.16. The minimum Gasteiger partial charge on any atom is -0.396 e. The number of benzene rings is 1. The van der Waals surface area contributed by atoms with E-state index in [1.165, 1.54) is 62.5 Å². The van der Waals surface area contributed by atoms with Gasteiger partial charge in [0, 0.05) is 12.1 Å². The molecule has 1 rings (SSSR count). The average Bonchev–Trinajstić information content (AvgIpc) is 2.62. The number of rotatable bonds is 15. The molecule has 0 aliphatic rings. The molecule has 0 spiro atoms. The molecule has 0 aliphatic heterocycles. The lowest BCUT2D eigenvalue weighted by Crippen LogP contribution is -2.44. The summed E-state index contributed by atoms with van der Waals surface area (Å²) in [5.74, 6) is 0. The number of hydrogen-bond acceptors (Lipinski definition) is 3. The molecule has 0 radical (unpaired) electrons. The van der Waals surface area contributed by atoms with E-state index in [9.17, 15) is 5.11 Å². The summed E-state index contributed by atoms with van der Waals surface area (Å²) in [7, 11) is 0. The van der Waals surface area contributed by atoms with Crippen LogP contribution < -0.4 is 5.73 Å². The summed E-state index contributed by atoms with van der Waals surface area (Å²) in [4.78, 5) is 0. The van der Waals surface area contributed by atoms with Crippen LogP contribution in [-0.4, -0.2) is 29.0 Å². The number of hydrogen-bond donors (Lipinski definition) is 3. The average molecular weight is 350 g/mol. The Hall–Kier alpha value is -0.900. The van der Waals surface area contributed by atoms with Crippen molar-refractivity contribution in [3.05, 3.63) is 35.4 Å². The Morgan fingerprint density at radius 2 is 1.28 bits per heavy atom. The normalized spacial score (nSPS) is 13.8. The fraction of sp³-hybridized carbons (Fsp3) is 0.727. The van der Waals surface area contributed by atoms with Crippen molar-refractivity contribution in [2.45, 2.75) is 89.5 Å². The van der Waals surface area contributed by atoms with Gasteiger partial charge in [-0.25, -0.2) is 0 Å². The lowest BCUT2D eigenvalue weighted by atomic mass is 9.90. The van der Waals surface area contributed by atoms with Crippen LogP contribution in [0.15, 0.2) is 24.3 Å². The molecule has 0 saturated carbocycles. The molecule has 0 saturated heterocycles. The van der Waals surface area contributed by atoms with E-state index < -0.39 is 5.54 Å². The molecule has 4 N–H and O–H groups in total. The summed E-state index contributed by atoms with van der Waals surface area (Å²) in [5, 5.41) is 18.4. The van der Waals surface area contributed by atoms with Gasteiger partial charge in [-0.1, -0.05) is 69.7 Å². The van der Waals surface area contributed by atoms with Crippen LogP contribution in [0.5, 0.6) is 0 Å². The standard InChI is InChI=1S/C22H39NO2/c1-2-3-4-5-6-7-8-10-20-12-14-21(15-13-20)11-9-16-22(23,19-25)17-18-24/h12-15,24-25H,2-11,16-19,23H2,1H3. The van der Waals surface area contributed by atoms with Crippen molar-refractivity contribution in [3.63, 3.8) is 0 Å². The lowest BCUT2D eigenvalue weighted by molar-refractivity contribution is 0.147. The van der Waals surface area contributed by atoms with Crippen LogP contribution in [0.2, 0.25) is 0 Å². The smallest absolute Gasteiger partial charge is 0.0612 e. The highest BCUT2D eigenvalue weighted by Gasteiger charge is 2.22. The van der Waals surface area contributed by atoms with Crippen molar-refractivity contribution in [1.29, 1.82) is 0 Å². The highest BCUT2D eigenvalue weighted by molar-refractivity contribution is 5.22. The van der Waals surface area contributed by atoms with Crippen LogP contribution in [-0.2, 0) is 12.8 Å². The molecule has 0 heterocycles. The summed E-state index contributed by atoms with van der Waals surface area (Å²) in [6.07, 6.45) is 13.8. The minimum absolute atomic E-state index is 0.0321. The van der Waals surface area contributed by atoms with Gasteiger partial charge in [-0.2, -0.15) is 0 Å². The van der Waals surface area contributed by atoms with Gasteiger partial charge in [0.05, 0.1) is 6.61 Å². The minimum atomic E-state index is -0.633. The van der Waals surface area contributed by atoms with Gasteiger partial charge in [0.2, 0.25) is 0 Å². The van der Waals surface area contributed by atoms with Crippen molar-refractivity contribution in [3.8, 4) is 0 Å². The third kappa shape index (κ3) is 9.98. The Balaban J connectivity index is 2.20. The number of aryl methyl sites for hydroxylation is 2. The van der Waals surface area contributed by atoms with Gasteiger partial charge in [-0.05, 0) is 49.7 Å². The Morgan fingerprint density at radius 3 is 1.80 bits per heavy atom. The second kappa shape index (κ2) is 13.3. The number of unbranched alkanes of at least 4 members (excludes halogenated alkanes) is 6. The summed E-state index contributed by atoms with van der Waals surface area (Å²) in [6, 6.07) is 8.95. The number of aliphatic hydroxyl groups is 2. The second-order valence-electron chi connectivity index (χ2n) is 7.54. The first-order chi connectivity index (χ1) is 12.1. The van der Waals surface area contributed by atoms with Crippen molar-refractivity contribution >= 4 is 0 Å². The van der Waals surface area contributed by atoms with E-state index in [1.807, 2.05) is 0 Å². The summed E-state index contributed by atoms with van der Waals surface area (Å²) < 4.78 is 0. The van der Waals surface area contributed by atoms with E-state index in [0.29, 0.717) is 6.42 Å². The van der Waals surface area contributed by atoms with Gasteiger partial charge in [-0.3, -0.25) is 0 Å². The van der Waals surface area contributed by atoms with E-state index in [4.69, 9.17) is 10.8 Å². The number of aliphatic hydroxyl groups excluding tert-OH is 2. The zero-order valence-corrected chi connectivity index (χ0v) is 16.2. The van der Waals surface area contributed by atoms with Gasteiger partial charge in [-0.15, -0.1) is 0 Å². The Kier molecular flexibility index (Phi) is 11.8. The first kappa shape index (κ1) is 22.1. The van der Waals surface area contributed by atoms with Crippen LogP contribution in [0.3, 0.4) is 0 Å². The van der Waals surface area contributed by atoms with E-state index in [1.54, 1.807) is 0 Å². The Labute approximate surface area is 154 Å². The van der Waals surface area contributed by atoms with Gasteiger partial charge in [0.15, 0.2) is 0 Å². The monoisotopic (exact) mass is 349 g/mol. The molecule has 0 bridgehead atoms. The van der Waals surface area contributed by atoms with E-state index in [-0.39, 0.29) is 13.2 Å². The van der Waals surface area contributed by atoms with Crippen molar-refractivity contribution in [1.82, 2.24) is 0 Å². The van der Waals surface area contributed by atoms with Crippen molar-refractivity contribution < 1.29 is 10.2 Å². The van der Waals surface area contributed by atoms with Crippen molar-refractivity contribution in [2.75, 3.05) is 13.2 Å². The van der Waals surface area contributed by atoms with Gasteiger partial charge >= 0.3 is 0 Å². The molecule has 1 aromatic rings. The molecule has 3 nitrogen and oxygen atoms in total. The third-order valence-electron chi connectivity index (χ3n) is 5.16. The van der Waals surface area contributed by atoms with Gasteiger partial charge in [0.1, 0.15) is 0 Å². The summed E-state index contributed by atoms with van der Waals surface area (Å²) in [5.41, 5.74) is 8.22. The second-order valence-corrected chi connectivity index (χ2v) is 7.54. The molecule has 1 atom stereocenters. The summed E-state index contributed by atoms with van der Waals surface area (Å²) >= 11 is 0. The molecule has 1 aromatic carbocycles. The van der Waals surface area contributed by atoms with Gasteiger partial charge in [0.25, 0.3) is 0 Å². The highest BCUT2D eigenvalue weighted by Crippen LogP contribution is 2.17. The maximum absolute atomic E-state index is 9.38. The lowest BCUT2D eigenvalue weighted by Gasteiger charge is -2.26. The molecule has 0 fully saturated rings. The summed E-state index contributed by atoms with van der Waals surface area (Å²) in [6.45, 7) is 2.23. The largest absolute Gasteiger partial charge is 0.396 e. The zero-order chi connectivity index (χ0) is 18.4. The zero-order valence-electron chi connectivity index (χ0n) is 16.2. The quantitative estimate of drug-likeness (QED) is 0.412. The van der Waals surface area contributed by atoms with Gasteiger partial charge < -0.3 is 15.9 Å². The maximum atomic E-state index is 9.38. The van der Waals surface area contributed by atoms with Crippen molar-refractivity contribution in [2.24, 2.45) is 5.73 Å². The van der Waals surface area contributed by atoms with Crippen LogP contribution >= 0.6 is 0 Å². The fourth-order valence-electron chi connectivity index (χ4n) is 3.31. The molecule has 0 aromatic heterocycles. The molecule has 0 aliphatic carbocycles. The Bertz CT molecular complexity index is 432. The van der Waals surface area contributed by atoms with Crippen LogP contribution in [0.1, 0.15) is 82.3 Å². The fourth-order valence-corrected chi connectivity index (χ4v) is 3.31. The first-order valence-corrected chi connectivity index (χ1v) is 10.2. The van der Waals surface area contributed by atoms with Crippen LogP contribution in [0, 0.1) is 0 Å². The first-order valence-electron chi connectivity index (χ1n) is 10.2. The SMILES string of the molecule is CCCCCCCCCc1ccc(CCCC(N)(CO)CCO)cc1. The predicted octanol–water partition coefficient (Wildman–Crippen LogP) is 4.37. The molecule has 144 valence electrons. The maximum Gasteiger partial charge on any atom is 0.0612 e. The molecule has 1 unspecified atom stereocenters.